The maximum Gasteiger partial charge on any atom is 0.389 e. The third kappa shape index (κ3) is 3.87. The molecule has 0 aromatic carbocycles. The number of hydrogen-bond donors (Lipinski definition) is 0. The van der Waals surface area contributed by atoms with Gasteiger partial charge in [-0.3, -0.25) is 0 Å². The van der Waals surface area contributed by atoms with Crippen LogP contribution in [0.3, 0.4) is 0 Å². The van der Waals surface area contributed by atoms with Gasteiger partial charge in [0.25, 0.3) is 0 Å². The van der Waals surface area contributed by atoms with Crippen LogP contribution in [0.4, 0.5) is 13.2 Å². The first kappa shape index (κ1) is 15.6. The summed E-state index contributed by atoms with van der Waals surface area (Å²) in [7, 11) is 0. The van der Waals surface area contributed by atoms with Crippen LogP contribution in [0.25, 0.3) is 0 Å². The number of hydrogen-bond acceptors (Lipinski definition) is 1. The van der Waals surface area contributed by atoms with Crippen LogP contribution in [0.5, 0.6) is 0 Å². The largest absolute Gasteiger partial charge is 0.389 e. The molecule has 19 heavy (non-hydrogen) atoms. The van der Waals surface area contributed by atoms with Gasteiger partial charge in [-0.2, -0.15) is 13.2 Å². The van der Waals surface area contributed by atoms with E-state index >= 15 is 0 Å². The van der Waals surface area contributed by atoms with Gasteiger partial charge in [0, 0.05) is 23.3 Å². The molecule has 0 heterocycles. The van der Waals surface area contributed by atoms with E-state index in [1.807, 2.05) is 0 Å². The lowest BCUT2D eigenvalue weighted by molar-refractivity contribution is -0.147. The zero-order valence-electron chi connectivity index (χ0n) is 11.1. The van der Waals surface area contributed by atoms with Crippen molar-refractivity contribution in [2.24, 2.45) is 5.41 Å². The molecule has 2 aliphatic rings. The molecular formula is C14H22BrF3O. The Bertz CT molecular complexity index is 285. The average molecular weight is 343 g/mol. The number of rotatable bonds is 4. The van der Waals surface area contributed by atoms with Crippen LogP contribution >= 0.6 is 15.9 Å². The number of halogens is 4. The smallest absolute Gasteiger partial charge is 0.378 e. The van der Waals surface area contributed by atoms with Crippen LogP contribution in [-0.4, -0.2) is 23.7 Å². The first-order valence-electron chi connectivity index (χ1n) is 7.26. The van der Waals surface area contributed by atoms with Crippen molar-refractivity contribution in [3.05, 3.63) is 0 Å². The first-order chi connectivity index (χ1) is 8.94. The Hall–Kier alpha value is 0.230. The molecule has 2 aliphatic carbocycles. The molecule has 0 aromatic rings. The van der Waals surface area contributed by atoms with Crippen LogP contribution in [-0.2, 0) is 4.74 Å². The molecule has 2 saturated carbocycles. The van der Waals surface area contributed by atoms with Gasteiger partial charge in [0.1, 0.15) is 0 Å². The summed E-state index contributed by atoms with van der Waals surface area (Å²) in [6.07, 6.45) is 3.75. The minimum absolute atomic E-state index is 0.0863. The molecule has 0 N–H and O–H groups in total. The Kier molecular flexibility index (Phi) is 5.21. The summed E-state index contributed by atoms with van der Waals surface area (Å²) in [5.41, 5.74) is 0.203. The second-order valence-electron chi connectivity index (χ2n) is 5.93. The Labute approximate surface area is 121 Å². The van der Waals surface area contributed by atoms with Gasteiger partial charge in [0.05, 0.1) is 6.10 Å². The third-order valence-electron chi connectivity index (χ3n) is 4.64. The fourth-order valence-electron chi connectivity index (χ4n) is 3.45. The van der Waals surface area contributed by atoms with Gasteiger partial charge in [0.2, 0.25) is 0 Å². The highest BCUT2D eigenvalue weighted by molar-refractivity contribution is 9.09. The lowest BCUT2D eigenvalue weighted by Crippen LogP contribution is -2.55. The quantitative estimate of drug-likeness (QED) is 0.502. The zero-order valence-corrected chi connectivity index (χ0v) is 12.7. The second kappa shape index (κ2) is 6.33. The van der Waals surface area contributed by atoms with E-state index in [1.54, 1.807) is 0 Å². The Morgan fingerprint density at radius 2 is 1.74 bits per heavy atom. The van der Waals surface area contributed by atoms with E-state index in [9.17, 15) is 13.2 Å². The summed E-state index contributed by atoms with van der Waals surface area (Å²) in [6.45, 7) is 0.242. The van der Waals surface area contributed by atoms with Gasteiger partial charge >= 0.3 is 6.18 Å². The maximum atomic E-state index is 12.1. The molecule has 5 heteroatoms. The molecule has 0 aliphatic heterocycles. The molecule has 1 spiro atoms. The van der Waals surface area contributed by atoms with Gasteiger partial charge in [-0.25, -0.2) is 0 Å². The third-order valence-corrected chi connectivity index (χ3v) is 5.93. The molecule has 0 saturated heterocycles. The van der Waals surface area contributed by atoms with Gasteiger partial charge in [-0.15, -0.1) is 0 Å². The summed E-state index contributed by atoms with van der Waals surface area (Å²) >= 11 is 3.73. The van der Waals surface area contributed by atoms with Crippen LogP contribution in [0, 0.1) is 5.41 Å². The van der Waals surface area contributed by atoms with Crippen molar-refractivity contribution in [1.29, 1.82) is 0 Å². The predicted molar refractivity (Wildman–Crippen MR) is 72.5 cm³/mol. The van der Waals surface area contributed by atoms with Crippen molar-refractivity contribution in [1.82, 2.24) is 0 Å². The predicted octanol–water partition coefficient (Wildman–Crippen LogP) is 5.22. The SMILES string of the molecule is FC(F)(F)CCCOC1CC(Br)C12CCCCCC2. The topological polar surface area (TPSA) is 9.23 Å². The van der Waals surface area contributed by atoms with E-state index in [2.05, 4.69) is 15.9 Å². The van der Waals surface area contributed by atoms with Crippen molar-refractivity contribution < 1.29 is 17.9 Å². The van der Waals surface area contributed by atoms with Crippen molar-refractivity contribution >= 4 is 15.9 Å². The monoisotopic (exact) mass is 342 g/mol. The van der Waals surface area contributed by atoms with Gasteiger partial charge in [-0.05, 0) is 25.7 Å². The first-order valence-corrected chi connectivity index (χ1v) is 8.18. The Morgan fingerprint density at radius 3 is 2.26 bits per heavy atom. The zero-order chi connectivity index (χ0) is 13.9. The molecule has 2 fully saturated rings. The van der Waals surface area contributed by atoms with E-state index in [-0.39, 0.29) is 24.5 Å². The van der Waals surface area contributed by atoms with E-state index in [0.29, 0.717) is 4.83 Å². The van der Waals surface area contributed by atoms with Gasteiger partial charge in [0.15, 0.2) is 0 Å². The van der Waals surface area contributed by atoms with Crippen LogP contribution in [0.2, 0.25) is 0 Å². The van der Waals surface area contributed by atoms with E-state index in [4.69, 9.17) is 4.74 Å². The van der Waals surface area contributed by atoms with Gasteiger partial charge in [-0.1, -0.05) is 41.6 Å². The summed E-state index contributed by atoms with van der Waals surface area (Å²) in [6, 6.07) is 0. The average Bonchev–Trinajstić information content (AvgIpc) is 2.59. The molecule has 0 bridgehead atoms. The molecule has 0 radical (unpaired) electrons. The summed E-state index contributed by atoms with van der Waals surface area (Å²) < 4.78 is 42.0. The number of alkyl halides is 4. The molecule has 2 unspecified atom stereocenters. The highest BCUT2D eigenvalue weighted by atomic mass is 79.9. The summed E-state index contributed by atoms with van der Waals surface area (Å²) in [4.78, 5) is 0.491. The molecule has 2 atom stereocenters. The molecule has 1 nitrogen and oxygen atoms in total. The van der Waals surface area contributed by atoms with E-state index < -0.39 is 12.6 Å². The highest BCUT2D eigenvalue weighted by Crippen LogP contribution is 2.55. The normalized spacial score (nSPS) is 30.9. The fraction of sp³-hybridized carbons (Fsp3) is 1.00. The van der Waals surface area contributed by atoms with E-state index in [1.165, 1.54) is 25.7 Å². The second-order valence-corrected chi connectivity index (χ2v) is 7.03. The molecular weight excluding hydrogens is 321 g/mol. The lowest BCUT2D eigenvalue weighted by atomic mass is 9.61. The molecule has 0 amide bonds. The Balaban J connectivity index is 1.77. The summed E-state index contributed by atoms with van der Waals surface area (Å²) in [5, 5.41) is 0. The van der Waals surface area contributed by atoms with Crippen LogP contribution in [0.1, 0.15) is 57.8 Å². The molecule has 2 rings (SSSR count). The van der Waals surface area contributed by atoms with Crippen molar-refractivity contribution in [2.75, 3.05) is 6.61 Å². The molecule has 112 valence electrons. The maximum absolute atomic E-state index is 12.1. The van der Waals surface area contributed by atoms with Gasteiger partial charge < -0.3 is 4.74 Å². The van der Waals surface area contributed by atoms with Crippen LogP contribution in [0.15, 0.2) is 0 Å². The minimum atomic E-state index is -4.05. The van der Waals surface area contributed by atoms with Crippen molar-refractivity contribution in [3.8, 4) is 0 Å². The Morgan fingerprint density at radius 1 is 1.11 bits per heavy atom. The molecule has 0 aromatic heterocycles. The van der Waals surface area contributed by atoms with Crippen molar-refractivity contribution in [2.45, 2.75) is 74.9 Å². The van der Waals surface area contributed by atoms with E-state index in [0.717, 1.165) is 19.3 Å². The fourth-order valence-corrected chi connectivity index (χ4v) is 4.54. The van der Waals surface area contributed by atoms with Crippen LogP contribution < -0.4 is 0 Å². The standard InChI is InChI=1S/C14H22BrF3O/c15-11-10-12(19-9-5-8-14(16,17)18)13(11)6-3-1-2-4-7-13/h11-12H,1-10H2. The van der Waals surface area contributed by atoms with Crippen molar-refractivity contribution in [3.63, 3.8) is 0 Å². The number of ether oxygens (including phenoxy) is 1. The summed E-state index contributed by atoms with van der Waals surface area (Å²) in [5.74, 6) is 0. The lowest BCUT2D eigenvalue weighted by Gasteiger charge is -2.53. The minimum Gasteiger partial charge on any atom is -0.378 e. The highest BCUT2D eigenvalue weighted by Gasteiger charge is 2.53.